The van der Waals surface area contributed by atoms with Crippen LogP contribution in [0.4, 0.5) is 0 Å². The maximum atomic E-state index is 9.21. The molecule has 2 fully saturated rings. The van der Waals surface area contributed by atoms with Crippen LogP contribution in [0, 0.1) is 11.3 Å². The topological polar surface area (TPSA) is 41.5 Å². The van der Waals surface area contributed by atoms with Gasteiger partial charge in [-0.25, -0.2) is 0 Å². The number of aliphatic hydroxyl groups excluding tert-OH is 1. The van der Waals surface area contributed by atoms with E-state index in [-0.39, 0.29) is 12.0 Å². The third-order valence-electron chi connectivity index (χ3n) is 5.02. The van der Waals surface area contributed by atoms with E-state index in [4.69, 9.17) is 4.74 Å². The molecule has 2 N–H and O–H groups in total. The predicted octanol–water partition coefficient (Wildman–Crippen LogP) is 2.33. The van der Waals surface area contributed by atoms with Gasteiger partial charge in [0.25, 0.3) is 0 Å². The summed E-state index contributed by atoms with van der Waals surface area (Å²) in [5, 5.41) is 13.0. The maximum absolute atomic E-state index is 9.21. The zero-order valence-electron chi connectivity index (χ0n) is 11.8. The van der Waals surface area contributed by atoms with Gasteiger partial charge >= 0.3 is 0 Å². The van der Waals surface area contributed by atoms with Crippen LogP contribution >= 0.6 is 0 Å². The molecule has 106 valence electrons. The summed E-state index contributed by atoms with van der Waals surface area (Å²) in [5.41, 5.74) is 0.205. The van der Waals surface area contributed by atoms with E-state index in [0.29, 0.717) is 6.04 Å². The first-order valence-electron chi connectivity index (χ1n) is 7.70. The lowest BCUT2D eigenvalue weighted by Gasteiger charge is -2.33. The van der Waals surface area contributed by atoms with Gasteiger partial charge in [-0.15, -0.1) is 0 Å². The van der Waals surface area contributed by atoms with Crippen LogP contribution in [-0.2, 0) is 4.74 Å². The molecule has 1 saturated heterocycles. The molecule has 1 heterocycles. The van der Waals surface area contributed by atoms with Gasteiger partial charge in [0.15, 0.2) is 0 Å². The molecular formula is C15H29NO2. The molecular weight excluding hydrogens is 226 g/mol. The molecule has 1 aliphatic carbocycles. The standard InChI is InChI=1S/C15H29NO2/c1-2-13-3-5-14(6-4-13)16-11-15(7-9-17)8-10-18-12-15/h13-14,16-17H,2-12H2,1H3. The van der Waals surface area contributed by atoms with Gasteiger partial charge in [-0.3, -0.25) is 0 Å². The zero-order chi connectivity index (χ0) is 12.8. The van der Waals surface area contributed by atoms with Crippen molar-refractivity contribution in [1.82, 2.24) is 5.32 Å². The Labute approximate surface area is 111 Å². The molecule has 18 heavy (non-hydrogen) atoms. The third kappa shape index (κ3) is 3.69. The number of hydrogen-bond acceptors (Lipinski definition) is 3. The summed E-state index contributed by atoms with van der Waals surface area (Å²) in [7, 11) is 0. The van der Waals surface area contributed by atoms with Crippen molar-refractivity contribution in [2.45, 2.75) is 57.9 Å². The first-order valence-corrected chi connectivity index (χ1v) is 7.70. The first-order chi connectivity index (χ1) is 8.78. The molecule has 0 aromatic carbocycles. The number of nitrogens with one attached hydrogen (secondary N) is 1. The lowest BCUT2D eigenvalue weighted by Crippen LogP contribution is -2.42. The summed E-state index contributed by atoms with van der Waals surface area (Å²) in [6.07, 6.45) is 8.75. The van der Waals surface area contributed by atoms with E-state index in [1.807, 2.05) is 0 Å². The van der Waals surface area contributed by atoms with Gasteiger partial charge in [-0.05, 0) is 44.4 Å². The van der Waals surface area contributed by atoms with Gasteiger partial charge in [0.1, 0.15) is 0 Å². The van der Waals surface area contributed by atoms with Crippen LogP contribution in [0.15, 0.2) is 0 Å². The van der Waals surface area contributed by atoms with Crippen molar-refractivity contribution in [3.63, 3.8) is 0 Å². The van der Waals surface area contributed by atoms with Crippen LogP contribution in [0.5, 0.6) is 0 Å². The van der Waals surface area contributed by atoms with Crippen molar-refractivity contribution in [1.29, 1.82) is 0 Å². The Morgan fingerprint density at radius 2 is 2.06 bits per heavy atom. The fraction of sp³-hybridized carbons (Fsp3) is 1.00. The van der Waals surface area contributed by atoms with Gasteiger partial charge in [0, 0.05) is 31.2 Å². The van der Waals surface area contributed by atoms with Gasteiger partial charge < -0.3 is 15.2 Å². The van der Waals surface area contributed by atoms with Crippen molar-refractivity contribution in [3.8, 4) is 0 Å². The molecule has 1 saturated carbocycles. The van der Waals surface area contributed by atoms with Crippen LogP contribution in [0.2, 0.25) is 0 Å². The van der Waals surface area contributed by atoms with Crippen LogP contribution in [0.25, 0.3) is 0 Å². The van der Waals surface area contributed by atoms with Crippen molar-refractivity contribution < 1.29 is 9.84 Å². The second kappa shape index (κ2) is 6.88. The number of rotatable bonds is 6. The van der Waals surface area contributed by atoms with E-state index in [1.54, 1.807) is 0 Å². The minimum absolute atomic E-state index is 0.205. The minimum Gasteiger partial charge on any atom is -0.396 e. The fourth-order valence-corrected chi connectivity index (χ4v) is 3.45. The molecule has 0 radical (unpaired) electrons. The van der Waals surface area contributed by atoms with Crippen molar-refractivity contribution in [3.05, 3.63) is 0 Å². The number of aliphatic hydroxyl groups is 1. The lowest BCUT2D eigenvalue weighted by molar-refractivity contribution is 0.119. The largest absolute Gasteiger partial charge is 0.396 e. The summed E-state index contributed by atoms with van der Waals surface area (Å²) in [6, 6.07) is 0.698. The van der Waals surface area contributed by atoms with Crippen LogP contribution < -0.4 is 5.32 Å². The molecule has 0 aromatic heterocycles. The van der Waals surface area contributed by atoms with E-state index < -0.39 is 0 Å². The van der Waals surface area contributed by atoms with Crippen molar-refractivity contribution >= 4 is 0 Å². The Kier molecular flexibility index (Phi) is 5.46. The SMILES string of the molecule is CCC1CCC(NCC2(CCO)CCOC2)CC1. The van der Waals surface area contributed by atoms with Crippen LogP contribution in [-0.4, -0.2) is 37.5 Å². The summed E-state index contributed by atoms with van der Waals surface area (Å²) >= 11 is 0. The molecule has 0 amide bonds. The predicted molar refractivity (Wildman–Crippen MR) is 73.6 cm³/mol. The Morgan fingerprint density at radius 1 is 1.28 bits per heavy atom. The average molecular weight is 255 g/mol. The van der Waals surface area contributed by atoms with Gasteiger partial charge in [-0.2, -0.15) is 0 Å². The smallest absolute Gasteiger partial charge is 0.0536 e. The van der Waals surface area contributed by atoms with E-state index >= 15 is 0 Å². The molecule has 2 aliphatic rings. The fourth-order valence-electron chi connectivity index (χ4n) is 3.45. The highest BCUT2D eigenvalue weighted by molar-refractivity contribution is 4.87. The molecule has 1 aliphatic heterocycles. The molecule has 0 aromatic rings. The highest BCUT2D eigenvalue weighted by Gasteiger charge is 2.35. The Morgan fingerprint density at radius 3 is 2.61 bits per heavy atom. The number of hydrogen-bond donors (Lipinski definition) is 2. The first kappa shape index (κ1) is 14.3. The van der Waals surface area contributed by atoms with Gasteiger partial charge in [-0.1, -0.05) is 13.3 Å². The molecule has 3 nitrogen and oxygen atoms in total. The maximum Gasteiger partial charge on any atom is 0.0536 e. The zero-order valence-corrected chi connectivity index (χ0v) is 11.8. The highest BCUT2D eigenvalue weighted by atomic mass is 16.5. The van der Waals surface area contributed by atoms with E-state index in [9.17, 15) is 5.11 Å². The van der Waals surface area contributed by atoms with Crippen LogP contribution in [0.3, 0.4) is 0 Å². The Bertz CT molecular complexity index is 231. The third-order valence-corrected chi connectivity index (χ3v) is 5.02. The molecule has 0 spiro atoms. The molecule has 3 heteroatoms. The summed E-state index contributed by atoms with van der Waals surface area (Å²) < 4.78 is 5.54. The molecule has 1 atom stereocenters. The van der Waals surface area contributed by atoms with Crippen molar-refractivity contribution in [2.24, 2.45) is 11.3 Å². The summed E-state index contributed by atoms with van der Waals surface area (Å²) in [5.74, 6) is 0.962. The van der Waals surface area contributed by atoms with E-state index in [1.165, 1.54) is 32.1 Å². The highest BCUT2D eigenvalue weighted by Crippen LogP contribution is 2.33. The summed E-state index contributed by atoms with van der Waals surface area (Å²) in [6.45, 7) is 5.31. The number of ether oxygens (including phenoxy) is 1. The van der Waals surface area contributed by atoms with Gasteiger partial charge in [0.05, 0.1) is 6.61 Å². The molecule has 1 unspecified atom stereocenters. The molecule has 0 bridgehead atoms. The molecule has 2 rings (SSSR count). The van der Waals surface area contributed by atoms with E-state index in [2.05, 4.69) is 12.2 Å². The van der Waals surface area contributed by atoms with Crippen molar-refractivity contribution in [2.75, 3.05) is 26.4 Å². The average Bonchev–Trinajstić information content (AvgIpc) is 2.87. The Balaban J connectivity index is 1.73. The quantitative estimate of drug-likeness (QED) is 0.765. The minimum atomic E-state index is 0.205. The van der Waals surface area contributed by atoms with Crippen LogP contribution in [0.1, 0.15) is 51.9 Å². The second-order valence-electron chi connectivity index (χ2n) is 6.28. The second-order valence-corrected chi connectivity index (χ2v) is 6.28. The Hall–Kier alpha value is -0.120. The van der Waals surface area contributed by atoms with E-state index in [0.717, 1.165) is 38.5 Å². The summed E-state index contributed by atoms with van der Waals surface area (Å²) in [4.78, 5) is 0. The normalized spacial score (nSPS) is 37.0. The van der Waals surface area contributed by atoms with Gasteiger partial charge in [0.2, 0.25) is 0 Å². The lowest BCUT2D eigenvalue weighted by atomic mass is 9.81. The monoisotopic (exact) mass is 255 g/mol.